The predicted molar refractivity (Wildman–Crippen MR) is 97.8 cm³/mol. The van der Waals surface area contributed by atoms with Gasteiger partial charge in [0.1, 0.15) is 11.5 Å². The summed E-state index contributed by atoms with van der Waals surface area (Å²) in [6, 6.07) is 7.40. The van der Waals surface area contributed by atoms with Crippen molar-refractivity contribution in [2.75, 3.05) is 0 Å². The molecule has 2 aromatic carbocycles. The van der Waals surface area contributed by atoms with Crippen LogP contribution in [-0.2, 0) is 6.42 Å². The molecule has 0 aromatic heterocycles. The van der Waals surface area contributed by atoms with E-state index in [4.69, 9.17) is 0 Å². The van der Waals surface area contributed by atoms with Crippen molar-refractivity contribution in [3.05, 3.63) is 65.6 Å². The highest BCUT2D eigenvalue weighted by Crippen LogP contribution is 2.39. The summed E-state index contributed by atoms with van der Waals surface area (Å²) in [6.07, 6.45) is 6.83. The van der Waals surface area contributed by atoms with Crippen molar-refractivity contribution in [3.8, 4) is 11.5 Å². The lowest BCUT2D eigenvalue weighted by Gasteiger charge is -2.14. The number of aromatic hydroxyl groups is 2. The van der Waals surface area contributed by atoms with E-state index in [1.807, 2.05) is 38.1 Å². The summed E-state index contributed by atoms with van der Waals surface area (Å²) in [5.41, 5.74) is 3.91. The minimum atomic E-state index is 0.259. The van der Waals surface area contributed by atoms with E-state index in [-0.39, 0.29) is 11.5 Å². The fourth-order valence-electron chi connectivity index (χ4n) is 2.76. The van der Waals surface area contributed by atoms with Crippen molar-refractivity contribution in [1.82, 2.24) is 0 Å². The second kappa shape index (κ2) is 7.28. The maximum absolute atomic E-state index is 10.6. The molecule has 0 saturated carbocycles. The van der Waals surface area contributed by atoms with Crippen molar-refractivity contribution < 1.29 is 10.2 Å². The number of phenols is 2. The highest BCUT2D eigenvalue weighted by Gasteiger charge is 2.14. The van der Waals surface area contributed by atoms with Crippen LogP contribution in [0, 0.1) is 13.3 Å². The Morgan fingerprint density at radius 1 is 1.13 bits per heavy atom. The third kappa shape index (κ3) is 3.89. The fraction of sp³-hybridized carbons (Fsp3) is 0.286. The Balaban J connectivity index is 2.25. The maximum atomic E-state index is 10.6. The number of allylic oxidation sites excluding steroid dienone is 3. The van der Waals surface area contributed by atoms with Crippen LogP contribution < -0.4 is 0 Å². The Morgan fingerprint density at radius 2 is 1.74 bits per heavy atom. The molecular formula is C21H25O2-. The highest BCUT2D eigenvalue weighted by atomic mass is 16.3. The molecule has 0 aliphatic carbocycles. The van der Waals surface area contributed by atoms with Gasteiger partial charge in [0.25, 0.3) is 0 Å². The third-order valence-corrected chi connectivity index (χ3v) is 4.22. The van der Waals surface area contributed by atoms with E-state index >= 15 is 0 Å². The van der Waals surface area contributed by atoms with Crippen molar-refractivity contribution >= 4 is 10.8 Å². The quantitative estimate of drug-likeness (QED) is 0.414. The largest absolute Gasteiger partial charge is 0.507 e. The molecular weight excluding hydrogens is 284 g/mol. The molecule has 0 saturated heterocycles. The van der Waals surface area contributed by atoms with Crippen LogP contribution in [0.1, 0.15) is 37.8 Å². The molecule has 0 spiro atoms. The first-order valence-corrected chi connectivity index (χ1v) is 7.98. The highest BCUT2D eigenvalue weighted by molar-refractivity contribution is 5.95. The van der Waals surface area contributed by atoms with E-state index in [1.165, 1.54) is 5.57 Å². The number of hydrogen-bond donors (Lipinski definition) is 2. The average Bonchev–Trinajstić information content (AvgIpc) is 2.52. The SMILES string of the molecule is C=C(C)[CH-]CC/C(C)=C/Cc1c(C)c(O)c2ccccc2c1O. The van der Waals surface area contributed by atoms with Gasteiger partial charge >= 0.3 is 0 Å². The summed E-state index contributed by atoms with van der Waals surface area (Å²) >= 11 is 0. The van der Waals surface area contributed by atoms with E-state index < -0.39 is 0 Å². The zero-order valence-electron chi connectivity index (χ0n) is 14.2. The van der Waals surface area contributed by atoms with Gasteiger partial charge in [-0.3, -0.25) is 0 Å². The topological polar surface area (TPSA) is 40.5 Å². The summed E-state index contributed by atoms with van der Waals surface area (Å²) in [6.45, 7) is 9.82. The summed E-state index contributed by atoms with van der Waals surface area (Å²) in [7, 11) is 0. The standard InChI is InChI=1S/C21H25O2/c1-14(2)8-7-9-15(3)12-13-17-16(4)20(22)18-10-5-6-11-19(18)21(17)23/h5-6,8,10-12,22-23H,1,7,9,13H2,2-4H3/q-1/b15-12+. The van der Waals surface area contributed by atoms with Gasteiger partial charge in [0.2, 0.25) is 0 Å². The third-order valence-electron chi connectivity index (χ3n) is 4.22. The van der Waals surface area contributed by atoms with Crippen LogP contribution in [0.15, 0.2) is 48.1 Å². The molecule has 2 rings (SSSR count). The van der Waals surface area contributed by atoms with Gasteiger partial charge in [-0.25, -0.2) is 18.6 Å². The Kier molecular flexibility index (Phi) is 5.38. The zero-order valence-corrected chi connectivity index (χ0v) is 14.2. The van der Waals surface area contributed by atoms with Crippen molar-refractivity contribution in [3.63, 3.8) is 0 Å². The Hall–Kier alpha value is -2.35. The molecule has 0 atom stereocenters. The summed E-state index contributed by atoms with van der Waals surface area (Å²) < 4.78 is 0. The Labute approximate surface area is 138 Å². The summed E-state index contributed by atoms with van der Waals surface area (Å²) in [5.74, 6) is 0.531. The van der Waals surface area contributed by atoms with Crippen LogP contribution >= 0.6 is 0 Å². The van der Waals surface area contributed by atoms with Crippen LogP contribution in [0.4, 0.5) is 0 Å². The monoisotopic (exact) mass is 309 g/mol. The number of rotatable bonds is 6. The lowest BCUT2D eigenvalue weighted by atomic mass is 9.95. The van der Waals surface area contributed by atoms with Crippen molar-refractivity contribution in [2.45, 2.75) is 40.0 Å². The van der Waals surface area contributed by atoms with Gasteiger partial charge in [-0.05, 0) is 32.3 Å². The maximum Gasteiger partial charge on any atom is 0.127 e. The van der Waals surface area contributed by atoms with Crippen LogP contribution in [0.2, 0.25) is 0 Å². The smallest absolute Gasteiger partial charge is 0.127 e. The molecule has 2 N–H and O–H groups in total. The van der Waals surface area contributed by atoms with Crippen molar-refractivity contribution in [2.24, 2.45) is 0 Å². The molecule has 122 valence electrons. The van der Waals surface area contributed by atoms with Gasteiger partial charge in [0.05, 0.1) is 0 Å². The number of fused-ring (bicyclic) bond motifs is 1. The Morgan fingerprint density at radius 3 is 2.35 bits per heavy atom. The van der Waals surface area contributed by atoms with Gasteiger partial charge in [-0.15, -0.1) is 0 Å². The first-order valence-electron chi connectivity index (χ1n) is 7.98. The molecule has 2 aromatic rings. The summed E-state index contributed by atoms with van der Waals surface area (Å²) in [5, 5.41) is 22.3. The molecule has 0 heterocycles. The van der Waals surface area contributed by atoms with E-state index in [1.54, 1.807) is 0 Å². The number of phenolic OH excluding ortho intramolecular Hbond substituents is 2. The molecule has 0 amide bonds. The first kappa shape index (κ1) is 17.0. The van der Waals surface area contributed by atoms with E-state index in [0.717, 1.165) is 29.5 Å². The lowest BCUT2D eigenvalue weighted by molar-refractivity contribution is 0.461. The van der Waals surface area contributed by atoms with Gasteiger partial charge in [-0.2, -0.15) is 0 Å². The number of benzene rings is 2. The van der Waals surface area contributed by atoms with E-state index in [2.05, 4.69) is 26.0 Å². The summed E-state index contributed by atoms with van der Waals surface area (Å²) in [4.78, 5) is 0. The van der Waals surface area contributed by atoms with Crippen LogP contribution in [0.25, 0.3) is 10.8 Å². The molecule has 23 heavy (non-hydrogen) atoms. The van der Waals surface area contributed by atoms with E-state index in [0.29, 0.717) is 17.2 Å². The first-order chi connectivity index (χ1) is 10.9. The minimum Gasteiger partial charge on any atom is -0.507 e. The zero-order chi connectivity index (χ0) is 17.0. The van der Waals surface area contributed by atoms with Crippen LogP contribution in [-0.4, -0.2) is 10.2 Å². The van der Waals surface area contributed by atoms with Gasteiger partial charge < -0.3 is 10.2 Å². The van der Waals surface area contributed by atoms with Crippen molar-refractivity contribution in [1.29, 1.82) is 0 Å². The van der Waals surface area contributed by atoms with Crippen LogP contribution in [0.5, 0.6) is 11.5 Å². The molecule has 0 aliphatic heterocycles. The Bertz CT molecular complexity index is 754. The fourth-order valence-corrected chi connectivity index (χ4v) is 2.76. The molecule has 2 nitrogen and oxygen atoms in total. The molecule has 0 radical (unpaired) electrons. The molecule has 0 aliphatic rings. The van der Waals surface area contributed by atoms with Gasteiger partial charge in [-0.1, -0.05) is 49.3 Å². The molecule has 0 bridgehead atoms. The predicted octanol–water partition coefficient (Wildman–Crippen LogP) is 5.61. The van der Waals surface area contributed by atoms with Gasteiger partial charge in [0.15, 0.2) is 0 Å². The van der Waals surface area contributed by atoms with Gasteiger partial charge in [0, 0.05) is 16.3 Å². The molecule has 2 heteroatoms. The second-order valence-corrected chi connectivity index (χ2v) is 6.19. The normalized spacial score (nSPS) is 11.7. The molecule has 0 fully saturated rings. The minimum absolute atomic E-state index is 0.259. The molecule has 0 unspecified atom stereocenters. The van der Waals surface area contributed by atoms with Crippen LogP contribution in [0.3, 0.4) is 0 Å². The second-order valence-electron chi connectivity index (χ2n) is 6.19. The lowest BCUT2D eigenvalue weighted by Crippen LogP contribution is -1.93. The van der Waals surface area contributed by atoms with E-state index in [9.17, 15) is 10.2 Å². The average molecular weight is 309 g/mol. The number of hydrogen-bond acceptors (Lipinski definition) is 2.